The van der Waals surface area contributed by atoms with Crippen LogP contribution in [0.5, 0.6) is 11.5 Å². The third-order valence-corrected chi connectivity index (χ3v) is 4.92. The largest absolute Gasteiger partial charge is 0.493 e. The van der Waals surface area contributed by atoms with Crippen molar-refractivity contribution in [2.75, 3.05) is 53.3 Å². The summed E-state index contributed by atoms with van der Waals surface area (Å²) in [4.78, 5) is 25.8. The average molecular weight is 399 g/mol. The maximum atomic E-state index is 13.1. The van der Waals surface area contributed by atoms with Crippen LogP contribution in [0.3, 0.4) is 0 Å². The standard InChI is InChI=1S/C21H29N5O3/c1-14-10-17(24-21(23-14)22-7-9-25(2)3)20(27)26-8-6-15-11-18(28-4)19(29-5)12-16(15)13-26/h10-12H,6-9,13H2,1-5H3,(H,22,23,24). The summed E-state index contributed by atoms with van der Waals surface area (Å²) in [5, 5.41) is 3.19. The number of amides is 1. The van der Waals surface area contributed by atoms with Crippen LogP contribution in [0.4, 0.5) is 5.95 Å². The monoisotopic (exact) mass is 399 g/mol. The lowest BCUT2D eigenvalue weighted by molar-refractivity contribution is 0.0728. The molecule has 3 rings (SSSR count). The molecule has 1 aliphatic heterocycles. The fraction of sp³-hybridized carbons (Fsp3) is 0.476. The highest BCUT2D eigenvalue weighted by Gasteiger charge is 2.25. The van der Waals surface area contributed by atoms with Gasteiger partial charge in [0.05, 0.1) is 14.2 Å². The van der Waals surface area contributed by atoms with E-state index in [-0.39, 0.29) is 5.91 Å². The molecule has 0 unspecified atom stereocenters. The minimum absolute atomic E-state index is 0.0911. The molecule has 0 bridgehead atoms. The van der Waals surface area contributed by atoms with Crippen LogP contribution in [0.2, 0.25) is 0 Å². The summed E-state index contributed by atoms with van der Waals surface area (Å²) in [6, 6.07) is 5.69. The highest BCUT2D eigenvalue weighted by atomic mass is 16.5. The lowest BCUT2D eigenvalue weighted by atomic mass is 9.98. The third-order valence-electron chi connectivity index (χ3n) is 4.92. The van der Waals surface area contributed by atoms with Crippen molar-refractivity contribution in [1.82, 2.24) is 19.8 Å². The fourth-order valence-electron chi connectivity index (χ4n) is 3.37. The van der Waals surface area contributed by atoms with Gasteiger partial charge in [-0.25, -0.2) is 9.97 Å². The molecule has 1 N–H and O–H groups in total. The second-order valence-corrected chi connectivity index (χ2v) is 7.40. The average Bonchev–Trinajstić information content (AvgIpc) is 2.71. The molecule has 2 heterocycles. The third kappa shape index (κ3) is 4.95. The molecule has 156 valence electrons. The summed E-state index contributed by atoms with van der Waals surface area (Å²) >= 11 is 0. The number of carbonyl (C=O) groups is 1. The van der Waals surface area contributed by atoms with E-state index in [1.807, 2.05) is 38.1 Å². The number of aryl methyl sites for hydroxylation is 1. The topological polar surface area (TPSA) is 79.8 Å². The Bertz CT molecular complexity index is 885. The molecular formula is C21H29N5O3. The van der Waals surface area contributed by atoms with Crippen molar-refractivity contribution in [2.45, 2.75) is 19.9 Å². The van der Waals surface area contributed by atoms with E-state index >= 15 is 0 Å². The zero-order valence-electron chi connectivity index (χ0n) is 17.8. The predicted molar refractivity (Wildman–Crippen MR) is 112 cm³/mol. The SMILES string of the molecule is COc1cc2c(cc1OC)CN(C(=O)c1cc(C)nc(NCCN(C)C)n1)CC2. The maximum Gasteiger partial charge on any atom is 0.272 e. The van der Waals surface area contributed by atoms with Crippen molar-refractivity contribution in [3.63, 3.8) is 0 Å². The molecule has 0 fully saturated rings. The first-order chi connectivity index (χ1) is 13.9. The number of likely N-dealkylation sites (N-methyl/N-ethyl adjacent to an activating group) is 1. The van der Waals surface area contributed by atoms with Gasteiger partial charge < -0.3 is 24.6 Å². The van der Waals surface area contributed by atoms with Crippen molar-refractivity contribution in [3.8, 4) is 11.5 Å². The van der Waals surface area contributed by atoms with E-state index in [1.165, 1.54) is 5.56 Å². The van der Waals surface area contributed by atoms with Gasteiger partial charge in [-0.15, -0.1) is 0 Å². The number of ether oxygens (including phenoxy) is 2. The molecule has 2 aromatic rings. The number of rotatable bonds is 7. The van der Waals surface area contributed by atoms with Crippen molar-refractivity contribution >= 4 is 11.9 Å². The van der Waals surface area contributed by atoms with E-state index in [9.17, 15) is 4.79 Å². The highest BCUT2D eigenvalue weighted by Crippen LogP contribution is 2.33. The molecule has 0 aliphatic carbocycles. The van der Waals surface area contributed by atoms with Crippen LogP contribution in [-0.2, 0) is 13.0 Å². The van der Waals surface area contributed by atoms with Crippen molar-refractivity contribution < 1.29 is 14.3 Å². The number of hydrogen-bond acceptors (Lipinski definition) is 7. The first-order valence-corrected chi connectivity index (χ1v) is 9.68. The number of nitrogens with one attached hydrogen (secondary N) is 1. The number of aromatic nitrogens is 2. The van der Waals surface area contributed by atoms with Crippen LogP contribution in [0.25, 0.3) is 0 Å². The molecule has 0 radical (unpaired) electrons. The van der Waals surface area contributed by atoms with Gasteiger partial charge in [-0.3, -0.25) is 4.79 Å². The van der Waals surface area contributed by atoms with Crippen molar-refractivity contribution in [1.29, 1.82) is 0 Å². The van der Waals surface area contributed by atoms with Crippen molar-refractivity contribution in [3.05, 3.63) is 40.7 Å². The van der Waals surface area contributed by atoms with Gasteiger partial charge in [0.2, 0.25) is 5.95 Å². The van der Waals surface area contributed by atoms with Crippen LogP contribution in [0, 0.1) is 6.92 Å². The number of methoxy groups -OCH3 is 2. The summed E-state index contributed by atoms with van der Waals surface area (Å²) < 4.78 is 10.8. The molecule has 0 saturated carbocycles. The highest BCUT2D eigenvalue weighted by molar-refractivity contribution is 5.92. The minimum Gasteiger partial charge on any atom is -0.493 e. The van der Waals surface area contributed by atoms with E-state index in [0.717, 1.165) is 24.2 Å². The Morgan fingerprint density at radius 1 is 1.14 bits per heavy atom. The van der Waals surface area contributed by atoms with Gasteiger partial charge in [-0.05, 0) is 56.8 Å². The fourth-order valence-corrected chi connectivity index (χ4v) is 3.37. The van der Waals surface area contributed by atoms with Gasteiger partial charge in [0.15, 0.2) is 11.5 Å². The normalized spacial score (nSPS) is 13.2. The Morgan fingerprint density at radius 3 is 2.48 bits per heavy atom. The molecule has 1 aromatic heterocycles. The molecule has 1 aliphatic rings. The van der Waals surface area contributed by atoms with Gasteiger partial charge in [0.25, 0.3) is 5.91 Å². The summed E-state index contributed by atoms with van der Waals surface area (Å²) in [6.07, 6.45) is 0.763. The Hall–Kier alpha value is -2.87. The smallest absolute Gasteiger partial charge is 0.272 e. The van der Waals surface area contributed by atoms with E-state index in [1.54, 1.807) is 20.3 Å². The molecule has 29 heavy (non-hydrogen) atoms. The van der Waals surface area contributed by atoms with E-state index in [0.29, 0.717) is 42.8 Å². The van der Waals surface area contributed by atoms with Crippen LogP contribution in [0.1, 0.15) is 27.3 Å². The lowest BCUT2D eigenvalue weighted by Gasteiger charge is -2.29. The summed E-state index contributed by atoms with van der Waals surface area (Å²) in [6.45, 7) is 4.59. The van der Waals surface area contributed by atoms with E-state index in [2.05, 4.69) is 20.2 Å². The Balaban J connectivity index is 1.77. The second kappa shape index (κ2) is 9.09. The number of benzene rings is 1. The summed E-state index contributed by atoms with van der Waals surface area (Å²) in [5.74, 6) is 1.78. The van der Waals surface area contributed by atoms with Crippen LogP contribution >= 0.6 is 0 Å². The number of hydrogen-bond donors (Lipinski definition) is 1. The number of carbonyl (C=O) groups excluding carboxylic acids is 1. The first-order valence-electron chi connectivity index (χ1n) is 9.68. The van der Waals surface area contributed by atoms with E-state index in [4.69, 9.17) is 9.47 Å². The molecule has 1 amide bonds. The van der Waals surface area contributed by atoms with E-state index < -0.39 is 0 Å². The zero-order chi connectivity index (χ0) is 21.0. The predicted octanol–water partition coefficient (Wildman–Crippen LogP) is 1.97. The molecule has 0 saturated heterocycles. The Labute approximate surface area is 171 Å². The number of nitrogens with zero attached hydrogens (tertiary/aromatic N) is 4. The van der Waals surface area contributed by atoms with Crippen molar-refractivity contribution in [2.24, 2.45) is 0 Å². The molecule has 1 aromatic carbocycles. The zero-order valence-corrected chi connectivity index (χ0v) is 17.8. The molecule has 8 heteroatoms. The quantitative estimate of drug-likeness (QED) is 0.762. The van der Waals surface area contributed by atoms with Gasteiger partial charge >= 0.3 is 0 Å². The van der Waals surface area contributed by atoms with Gasteiger partial charge in [0.1, 0.15) is 5.69 Å². The van der Waals surface area contributed by atoms with Crippen LogP contribution < -0.4 is 14.8 Å². The number of fused-ring (bicyclic) bond motifs is 1. The van der Waals surface area contributed by atoms with Crippen LogP contribution in [-0.4, -0.2) is 73.6 Å². The molecule has 8 nitrogen and oxygen atoms in total. The summed E-state index contributed by atoms with van der Waals surface area (Å²) in [5.41, 5.74) is 3.42. The molecule has 0 spiro atoms. The summed E-state index contributed by atoms with van der Waals surface area (Å²) in [7, 11) is 7.26. The maximum absolute atomic E-state index is 13.1. The first kappa shape index (κ1) is 20.9. The van der Waals surface area contributed by atoms with Gasteiger partial charge in [-0.2, -0.15) is 0 Å². The Kier molecular flexibility index (Phi) is 6.53. The Morgan fingerprint density at radius 2 is 1.83 bits per heavy atom. The second-order valence-electron chi connectivity index (χ2n) is 7.40. The van der Waals surface area contributed by atoms with Crippen LogP contribution in [0.15, 0.2) is 18.2 Å². The molecule has 0 atom stereocenters. The lowest BCUT2D eigenvalue weighted by Crippen LogP contribution is -2.36. The minimum atomic E-state index is -0.0911. The van der Waals surface area contributed by atoms with Gasteiger partial charge in [0, 0.05) is 31.9 Å². The number of anilines is 1. The van der Waals surface area contributed by atoms with Gasteiger partial charge in [-0.1, -0.05) is 0 Å². The molecular weight excluding hydrogens is 370 g/mol.